The largest absolute Gasteiger partial charge is 0.505 e. The first-order valence-electron chi connectivity index (χ1n) is 9.70. The fraction of sp³-hybridized carbons (Fsp3) is 0.0833. The average Bonchev–Trinajstić information content (AvgIpc) is 3.13. The molecule has 0 radical (unpaired) electrons. The van der Waals surface area contributed by atoms with E-state index in [4.69, 9.17) is 4.74 Å². The van der Waals surface area contributed by atoms with Crippen molar-refractivity contribution in [3.8, 4) is 11.5 Å². The zero-order valence-corrected chi connectivity index (χ0v) is 18.2. The first kappa shape index (κ1) is 21.3. The number of ketones is 1. The second-order valence-electron chi connectivity index (χ2n) is 7.18. The third kappa shape index (κ3) is 4.00. The van der Waals surface area contributed by atoms with Crippen LogP contribution in [0.5, 0.6) is 11.5 Å². The summed E-state index contributed by atoms with van der Waals surface area (Å²) in [5.41, 5.74) is 1.09. The van der Waals surface area contributed by atoms with Gasteiger partial charge in [-0.25, -0.2) is 0 Å². The number of hydrogen-bond acceptors (Lipinski definition) is 5. The molecule has 1 heterocycles. The number of benzene rings is 3. The first-order chi connectivity index (χ1) is 15.3. The van der Waals surface area contributed by atoms with Gasteiger partial charge in [0.15, 0.2) is 11.5 Å². The number of Topliss-reactive ketones (excluding diaryl/α,β-unsaturated/α-hetero) is 1. The van der Waals surface area contributed by atoms with Crippen LogP contribution in [0.1, 0.15) is 21.6 Å². The minimum Gasteiger partial charge on any atom is -0.505 e. The van der Waals surface area contributed by atoms with Gasteiger partial charge in [0.05, 0.1) is 17.5 Å². The summed E-state index contributed by atoms with van der Waals surface area (Å²) in [6.45, 7) is 1.83. The third-order valence-electron chi connectivity index (χ3n) is 5.00. The highest BCUT2D eigenvalue weighted by Gasteiger charge is 2.26. The third-order valence-corrected chi connectivity index (χ3v) is 6.29. The van der Waals surface area contributed by atoms with Crippen LogP contribution >= 0.6 is 0 Å². The molecule has 1 aromatic heterocycles. The maximum atomic E-state index is 13.3. The minimum absolute atomic E-state index is 0.0567. The van der Waals surface area contributed by atoms with Crippen molar-refractivity contribution in [1.29, 1.82) is 0 Å². The van der Waals surface area contributed by atoms with Gasteiger partial charge in [-0.1, -0.05) is 48.0 Å². The number of nitrogens with one attached hydrogen (secondary N) is 1. The average molecular weight is 449 g/mol. The van der Waals surface area contributed by atoms with Crippen LogP contribution in [-0.4, -0.2) is 37.1 Å². The van der Waals surface area contributed by atoms with E-state index in [0.717, 1.165) is 5.56 Å². The molecule has 0 amide bonds. The Labute approximate surface area is 185 Å². The molecule has 8 heteroatoms. The Kier molecular flexibility index (Phi) is 5.54. The molecule has 32 heavy (non-hydrogen) atoms. The van der Waals surface area contributed by atoms with Crippen molar-refractivity contribution in [2.24, 2.45) is 4.40 Å². The van der Waals surface area contributed by atoms with Gasteiger partial charge in [0.2, 0.25) is 5.78 Å². The number of nitrogens with zero attached hydrogens (tertiary/aromatic N) is 1. The van der Waals surface area contributed by atoms with E-state index < -0.39 is 21.5 Å². The Bertz CT molecular complexity index is 1440. The molecule has 0 bridgehead atoms. The molecule has 0 aliphatic heterocycles. The molecule has 4 rings (SSSR count). The van der Waals surface area contributed by atoms with Crippen molar-refractivity contribution >= 4 is 32.4 Å². The zero-order valence-electron chi connectivity index (χ0n) is 17.4. The maximum Gasteiger partial charge on any atom is 0.283 e. The number of carbonyl (C=O) groups is 1. The van der Waals surface area contributed by atoms with Gasteiger partial charge in [0.1, 0.15) is 11.4 Å². The van der Waals surface area contributed by atoms with Gasteiger partial charge < -0.3 is 14.8 Å². The number of rotatable bonds is 6. The Morgan fingerprint density at radius 3 is 2.34 bits per heavy atom. The van der Waals surface area contributed by atoms with Crippen molar-refractivity contribution in [2.75, 3.05) is 7.11 Å². The van der Waals surface area contributed by atoms with Crippen LogP contribution < -0.4 is 4.74 Å². The van der Waals surface area contributed by atoms with Gasteiger partial charge in [-0.3, -0.25) is 4.79 Å². The van der Waals surface area contributed by atoms with E-state index in [0.29, 0.717) is 16.7 Å². The summed E-state index contributed by atoms with van der Waals surface area (Å²) in [5, 5.41) is 11.2. The molecule has 0 spiro atoms. The van der Waals surface area contributed by atoms with Crippen LogP contribution in [-0.2, 0) is 10.0 Å². The number of sulfonamides is 1. The Morgan fingerprint density at radius 2 is 1.69 bits per heavy atom. The molecular weight excluding hydrogens is 428 g/mol. The number of fused-ring (bicyclic) bond motifs is 1. The van der Waals surface area contributed by atoms with Gasteiger partial charge in [-0.2, -0.15) is 12.8 Å². The molecule has 7 nitrogen and oxygen atoms in total. The van der Waals surface area contributed by atoms with Crippen LogP contribution in [0.15, 0.2) is 82.1 Å². The fourth-order valence-electron chi connectivity index (χ4n) is 3.27. The molecule has 0 unspecified atom stereocenters. The fourth-order valence-corrected chi connectivity index (χ4v) is 4.27. The number of carbonyl (C=O) groups excluding carboxylic acids is 1. The van der Waals surface area contributed by atoms with E-state index in [1.807, 2.05) is 6.92 Å². The lowest BCUT2D eigenvalue weighted by atomic mass is 10.0. The van der Waals surface area contributed by atoms with E-state index in [1.54, 1.807) is 60.7 Å². The summed E-state index contributed by atoms with van der Waals surface area (Å²) in [6, 6.07) is 19.2. The molecule has 0 saturated heterocycles. The summed E-state index contributed by atoms with van der Waals surface area (Å²) in [6.07, 6.45) is 0. The van der Waals surface area contributed by atoms with E-state index >= 15 is 0 Å². The predicted molar refractivity (Wildman–Crippen MR) is 122 cm³/mol. The van der Waals surface area contributed by atoms with Gasteiger partial charge >= 0.3 is 0 Å². The molecule has 0 atom stereocenters. The lowest BCUT2D eigenvalue weighted by Crippen LogP contribution is -2.19. The molecule has 3 aromatic carbocycles. The van der Waals surface area contributed by atoms with Crippen molar-refractivity contribution < 1.29 is 23.1 Å². The number of aromatic amines is 1. The smallest absolute Gasteiger partial charge is 0.283 e. The number of aromatic hydroxyl groups is 1. The summed E-state index contributed by atoms with van der Waals surface area (Å²) in [5.74, 6) is -0.384. The minimum atomic E-state index is -4.23. The number of aromatic nitrogens is 1. The topological polar surface area (TPSA) is 109 Å². The normalized spacial score (nSPS) is 12.1. The number of H-pyrrole nitrogens is 1. The van der Waals surface area contributed by atoms with Crippen molar-refractivity contribution in [3.63, 3.8) is 0 Å². The van der Waals surface area contributed by atoms with E-state index in [2.05, 4.69) is 9.38 Å². The summed E-state index contributed by atoms with van der Waals surface area (Å²) >= 11 is 0. The molecular formula is C24H20N2O5S. The second-order valence-corrected chi connectivity index (χ2v) is 8.79. The molecule has 0 saturated carbocycles. The van der Waals surface area contributed by atoms with Crippen molar-refractivity contribution in [2.45, 2.75) is 11.8 Å². The number of hydrogen-bond donors (Lipinski definition) is 2. The van der Waals surface area contributed by atoms with Crippen LogP contribution in [0.2, 0.25) is 0 Å². The number of aryl methyl sites for hydroxylation is 1. The first-order valence-corrected chi connectivity index (χ1v) is 11.1. The quantitative estimate of drug-likeness (QED) is 0.339. The highest BCUT2D eigenvalue weighted by molar-refractivity contribution is 7.90. The summed E-state index contributed by atoms with van der Waals surface area (Å²) < 4.78 is 35.1. The SMILES string of the molecule is COc1ccc2c(O)c(/C(=N/S(=O)(=O)c3ccc(C)cc3)C(=O)c3ccccc3)[nH]c2c1. The molecule has 2 N–H and O–H groups in total. The lowest BCUT2D eigenvalue weighted by Gasteiger charge is -2.07. The highest BCUT2D eigenvalue weighted by atomic mass is 32.2. The van der Waals surface area contributed by atoms with Gasteiger partial charge in [-0.05, 0) is 31.2 Å². The highest BCUT2D eigenvalue weighted by Crippen LogP contribution is 2.33. The number of methoxy groups -OCH3 is 1. The van der Waals surface area contributed by atoms with E-state index in [-0.39, 0.29) is 21.9 Å². The lowest BCUT2D eigenvalue weighted by molar-refractivity contribution is 0.106. The molecule has 162 valence electrons. The predicted octanol–water partition coefficient (Wildman–Crippen LogP) is 4.25. The zero-order chi connectivity index (χ0) is 22.9. The molecule has 0 aliphatic rings. The Balaban J connectivity index is 1.94. The molecule has 4 aromatic rings. The van der Waals surface area contributed by atoms with Gasteiger partial charge in [-0.15, -0.1) is 0 Å². The van der Waals surface area contributed by atoms with Crippen LogP contribution in [0, 0.1) is 6.92 Å². The maximum absolute atomic E-state index is 13.3. The van der Waals surface area contributed by atoms with E-state index in [9.17, 15) is 18.3 Å². The van der Waals surface area contributed by atoms with Gasteiger partial charge in [0, 0.05) is 17.0 Å². The molecule has 0 aliphatic carbocycles. The summed E-state index contributed by atoms with van der Waals surface area (Å²) in [4.78, 5) is 16.2. The van der Waals surface area contributed by atoms with Crippen LogP contribution in [0.4, 0.5) is 0 Å². The monoisotopic (exact) mass is 448 g/mol. The Morgan fingerprint density at radius 1 is 1.00 bits per heavy atom. The van der Waals surface area contributed by atoms with Crippen LogP contribution in [0.25, 0.3) is 10.9 Å². The number of ether oxygens (including phenoxy) is 1. The van der Waals surface area contributed by atoms with E-state index in [1.165, 1.54) is 19.2 Å². The molecule has 0 fully saturated rings. The summed E-state index contributed by atoms with van der Waals surface area (Å²) in [7, 11) is -2.73. The van der Waals surface area contributed by atoms with Crippen LogP contribution in [0.3, 0.4) is 0 Å². The standard InChI is InChI=1S/C24H20N2O5S/c1-15-8-11-18(12-9-15)32(29,30)26-22(23(27)16-6-4-3-5-7-16)21-24(28)19-13-10-17(31-2)14-20(19)25-21/h3-14,25,28H,1-2H3/b26-22-. The van der Waals surface area contributed by atoms with Crippen molar-refractivity contribution in [3.05, 3.63) is 89.6 Å². The van der Waals surface area contributed by atoms with Crippen molar-refractivity contribution in [1.82, 2.24) is 4.98 Å². The van der Waals surface area contributed by atoms with Gasteiger partial charge in [0.25, 0.3) is 10.0 Å². The Hall–Kier alpha value is -3.91. The second kappa shape index (κ2) is 8.32.